The molecule has 0 spiro atoms. The lowest BCUT2D eigenvalue weighted by Gasteiger charge is -2.22. The molecule has 30 heavy (non-hydrogen) atoms. The van der Waals surface area contributed by atoms with Gasteiger partial charge >= 0.3 is 0 Å². The molecule has 5 aromatic rings. The zero-order valence-electron chi connectivity index (χ0n) is 17.9. The van der Waals surface area contributed by atoms with Crippen molar-refractivity contribution in [3.63, 3.8) is 0 Å². The summed E-state index contributed by atoms with van der Waals surface area (Å²) in [7, 11) is 0. The standard InChI is InChI=1S/C26H22O4/c1-25(2,3)13-9-7-11-15-17(21(27)23(29)19(13)15)12-8-10-14(26(4,5)6)20-16(12)18(11)22(28)24(20)30/h7-10H,1-6H3. The number of benzene rings is 3. The number of fused-ring (bicyclic) bond motifs is 2. The van der Waals surface area contributed by atoms with E-state index in [4.69, 9.17) is 0 Å². The number of hydrogen-bond acceptors (Lipinski definition) is 4. The summed E-state index contributed by atoms with van der Waals surface area (Å²) in [6, 6.07) is 7.24. The van der Waals surface area contributed by atoms with Crippen LogP contribution in [0.4, 0.5) is 0 Å². The summed E-state index contributed by atoms with van der Waals surface area (Å²) < 4.78 is 0. The summed E-state index contributed by atoms with van der Waals surface area (Å²) >= 11 is 0. The summed E-state index contributed by atoms with van der Waals surface area (Å²) in [5.41, 5.74) is -1.31. The fourth-order valence-corrected chi connectivity index (χ4v) is 5.06. The van der Waals surface area contributed by atoms with Gasteiger partial charge in [-0.15, -0.1) is 0 Å². The van der Waals surface area contributed by atoms with Crippen LogP contribution < -0.4 is 21.7 Å². The molecule has 0 N–H and O–H groups in total. The van der Waals surface area contributed by atoms with Gasteiger partial charge in [0.1, 0.15) is 0 Å². The molecule has 0 aliphatic carbocycles. The van der Waals surface area contributed by atoms with E-state index in [9.17, 15) is 19.2 Å². The molecule has 0 unspecified atom stereocenters. The molecule has 0 fully saturated rings. The van der Waals surface area contributed by atoms with Crippen LogP contribution in [0.5, 0.6) is 0 Å². The Morgan fingerprint density at radius 1 is 0.433 bits per heavy atom. The lowest BCUT2D eigenvalue weighted by molar-refractivity contribution is 0.595. The lowest BCUT2D eigenvalue weighted by Crippen LogP contribution is -2.21. The van der Waals surface area contributed by atoms with Gasteiger partial charge in [-0.25, -0.2) is 0 Å². The summed E-state index contributed by atoms with van der Waals surface area (Å²) in [4.78, 5) is 52.4. The molecule has 0 saturated carbocycles. The van der Waals surface area contributed by atoms with Crippen molar-refractivity contribution in [2.45, 2.75) is 52.4 Å². The van der Waals surface area contributed by atoms with Gasteiger partial charge in [0, 0.05) is 32.3 Å². The van der Waals surface area contributed by atoms with Crippen LogP contribution in [-0.4, -0.2) is 0 Å². The largest absolute Gasteiger partial charge is 0.285 e. The summed E-state index contributed by atoms with van der Waals surface area (Å²) in [6.45, 7) is 11.9. The molecule has 150 valence electrons. The van der Waals surface area contributed by atoms with E-state index in [1.807, 2.05) is 53.7 Å². The molecule has 4 heteroatoms. The van der Waals surface area contributed by atoms with Gasteiger partial charge < -0.3 is 0 Å². The number of rotatable bonds is 0. The summed E-state index contributed by atoms with van der Waals surface area (Å²) in [5, 5.41) is 3.54. The highest BCUT2D eigenvalue weighted by molar-refractivity contribution is 6.34. The molecule has 5 aromatic carbocycles. The van der Waals surface area contributed by atoms with Crippen molar-refractivity contribution in [3.05, 3.63) is 76.3 Å². The van der Waals surface area contributed by atoms with E-state index < -0.39 is 21.7 Å². The van der Waals surface area contributed by atoms with Gasteiger partial charge in [0.25, 0.3) is 0 Å². The highest BCUT2D eigenvalue weighted by Crippen LogP contribution is 2.42. The average molecular weight is 398 g/mol. The Labute approximate surface area is 172 Å². The first-order chi connectivity index (χ1) is 13.9. The fraction of sp³-hybridized carbons (Fsp3) is 0.308. The maximum Gasteiger partial charge on any atom is 0.234 e. The van der Waals surface area contributed by atoms with Crippen LogP contribution >= 0.6 is 0 Å². The fourth-order valence-electron chi connectivity index (χ4n) is 5.06. The van der Waals surface area contributed by atoms with Crippen LogP contribution in [0.25, 0.3) is 43.1 Å². The zero-order chi connectivity index (χ0) is 21.9. The van der Waals surface area contributed by atoms with Crippen LogP contribution in [0.3, 0.4) is 0 Å². The zero-order valence-corrected chi connectivity index (χ0v) is 17.9. The topological polar surface area (TPSA) is 68.3 Å². The Morgan fingerprint density at radius 2 is 0.733 bits per heavy atom. The molecular weight excluding hydrogens is 376 g/mol. The Morgan fingerprint density at radius 3 is 1.03 bits per heavy atom. The van der Waals surface area contributed by atoms with Crippen molar-refractivity contribution in [2.24, 2.45) is 0 Å². The van der Waals surface area contributed by atoms with Crippen LogP contribution in [0.2, 0.25) is 0 Å². The van der Waals surface area contributed by atoms with E-state index in [1.54, 1.807) is 12.1 Å². The SMILES string of the molecule is CC(C)(C)c1ccc2c3c(=O)c(=O)c4c(C(C)(C)C)ccc(c5c(=O)c(=O)c1c25)c43. The van der Waals surface area contributed by atoms with E-state index in [0.717, 1.165) is 11.1 Å². The minimum Gasteiger partial charge on any atom is -0.285 e. The van der Waals surface area contributed by atoms with E-state index in [2.05, 4.69) is 0 Å². The first-order valence-corrected chi connectivity index (χ1v) is 10.1. The first kappa shape index (κ1) is 18.9. The highest BCUT2D eigenvalue weighted by Gasteiger charge is 2.30. The van der Waals surface area contributed by atoms with Crippen molar-refractivity contribution in [1.82, 2.24) is 0 Å². The van der Waals surface area contributed by atoms with Crippen molar-refractivity contribution in [2.75, 3.05) is 0 Å². The van der Waals surface area contributed by atoms with Crippen molar-refractivity contribution >= 4 is 43.1 Å². The van der Waals surface area contributed by atoms with E-state index in [-0.39, 0.29) is 10.8 Å². The first-order valence-electron chi connectivity index (χ1n) is 10.1. The van der Waals surface area contributed by atoms with Gasteiger partial charge in [-0.2, -0.15) is 0 Å². The van der Waals surface area contributed by atoms with Gasteiger partial charge in [0.05, 0.1) is 0 Å². The Kier molecular flexibility index (Phi) is 3.34. The van der Waals surface area contributed by atoms with Crippen LogP contribution in [0.15, 0.2) is 43.4 Å². The second-order valence-electron chi connectivity index (χ2n) is 10.4. The smallest absolute Gasteiger partial charge is 0.234 e. The predicted molar refractivity (Wildman–Crippen MR) is 124 cm³/mol. The maximum atomic E-state index is 13.1. The molecule has 4 nitrogen and oxygen atoms in total. The molecule has 0 atom stereocenters. The Hall–Kier alpha value is -3.14. The van der Waals surface area contributed by atoms with Crippen molar-refractivity contribution in [3.8, 4) is 0 Å². The van der Waals surface area contributed by atoms with Gasteiger partial charge in [-0.3, -0.25) is 19.2 Å². The predicted octanol–water partition coefficient (Wildman–Crippen LogP) is 4.09. The normalized spacial score (nSPS) is 13.5. The van der Waals surface area contributed by atoms with Crippen molar-refractivity contribution < 1.29 is 0 Å². The molecule has 0 aromatic heterocycles. The molecule has 0 aliphatic rings. The summed E-state index contributed by atoms with van der Waals surface area (Å²) in [5.74, 6) is 0. The quantitative estimate of drug-likeness (QED) is 0.291. The molecule has 0 radical (unpaired) electrons. The van der Waals surface area contributed by atoms with Gasteiger partial charge in [0.15, 0.2) is 0 Å². The molecular formula is C26H22O4. The molecule has 5 rings (SSSR count). The Bertz CT molecular complexity index is 1590. The van der Waals surface area contributed by atoms with Crippen molar-refractivity contribution in [1.29, 1.82) is 0 Å². The van der Waals surface area contributed by atoms with Gasteiger partial charge in [-0.05, 0) is 32.7 Å². The minimum absolute atomic E-state index is 0.332. The second kappa shape index (κ2) is 5.31. The van der Waals surface area contributed by atoms with E-state index in [1.165, 1.54) is 0 Å². The Balaban J connectivity index is 2.24. The third-order valence-electron chi connectivity index (χ3n) is 6.39. The third-order valence-corrected chi connectivity index (χ3v) is 6.39. The van der Waals surface area contributed by atoms with Crippen LogP contribution in [0.1, 0.15) is 52.7 Å². The van der Waals surface area contributed by atoms with E-state index in [0.29, 0.717) is 43.1 Å². The molecule has 0 bridgehead atoms. The molecule has 0 heterocycles. The van der Waals surface area contributed by atoms with E-state index >= 15 is 0 Å². The maximum absolute atomic E-state index is 13.1. The number of hydrogen-bond donors (Lipinski definition) is 0. The van der Waals surface area contributed by atoms with Gasteiger partial charge in [-0.1, -0.05) is 65.8 Å². The van der Waals surface area contributed by atoms with Gasteiger partial charge in [0.2, 0.25) is 21.7 Å². The minimum atomic E-state index is -0.556. The van der Waals surface area contributed by atoms with Crippen LogP contribution in [-0.2, 0) is 10.8 Å². The monoisotopic (exact) mass is 398 g/mol. The van der Waals surface area contributed by atoms with Crippen LogP contribution in [0, 0.1) is 0 Å². The second-order valence-corrected chi connectivity index (χ2v) is 10.4. The average Bonchev–Trinajstić information content (AvgIpc) is 3.06. The highest BCUT2D eigenvalue weighted by atomic mass is 16.2. The third kappa shape index (κ3) is 2.06. The molecule has 0 saturated heterocycles. The lowest BCUT2D eigenvalue weighted by atomic mass is 9.81. The molecule has 0 amide bonds. The summed E-state index contributed by atoms with van der Waals surface area (Å²) in [6.07, 6.45) is 0. The molecule has 0 aliphatic heterocycles.